The van der Waals surface area contributed by atoms with Crippen molar-refractivity contribution in [1.29, 1.82) is 0 Å². The highest BCUT2D eigenvalue weighted by Gasteiger charge is 2.60. The molecule has 0 spiro atoms. The van der Waals surface area contributed by atoms with Gasteiger partial charge in [-0.1, -0.05) is 0 Å². The molecule has 1 atom stereocenters. The monoisotopic (exact) mass is 282 g/mol. The Labute approximate surface area is 95.8 Å². The van der Waals surface area contributed by atoms with Gasteiger partial charge in [-0.05, 0) is 6.92 Å². The second-order valence-electron chi connectivity index (χ2n) is 3.11. The minimum absolute atomic E-state index is 0.500. The SMILES string of the molecule is CC(Cl)c1nnc(C(C(F)(F)F)C(F)(F)F)o1. The van der Waals surface area contributed by atoms with Crippen LogP contribution in [0.15, 0.2) is 4.42 Å². The maximum absolute atomic E-state index is 12.2. The van der Waals surface area contributed by atoms with E-state index < -0.39 is 35.4 Å². The van der Waals surface area contributed by atoms with Crippen molar-refractivity contribution < 1.29 is 30.8 Å². The van der Waals surface area contributed by atoms with Gasteiger partial charge >= 0.3 is 12.4 Å². The number of hydrogen-bond donors (Lipinski definition) is 0. The van der Waals surface area contributed by atoms with E-state index in [1.807, 2.05) is 0 Å². The van der Waals surface area contributed by atoms with Gasteiger partial charge in [0.1, 0.15) is 5.38 Å². The van der Waals surface area contributed by atoms with Gasteiger partial charge in [0.25, 0.3) is 0 Å². The van der Waals surface area contributed by atoms with E-state index in [1.165, 1.54) is 6.92 Å². The van der Waals surface area contributed by atoms with Gasteiger partial charge < -0.3 is 4.42 Å². The molecule has 1 rings (SSSR count). The van der Waals surface area contributed by atoms with Gasteiger partial charge in [0, 0.05) is 0 Å². The molecule has 17 heavy (non-hydrogen) atoms. The van der Waals surface area contributed by atoms with Crippen LogP contribution in [0.25, 0.3) is 0 Å². The molecule has 0 radical (unpaired) electrons. The molecule has 10 heteroatoms. The fourth-order valence-electron chi connectivity index (χ4n) is 0.990. The number of nitrogens with zero attached hydrogens (tertiary/aromatic N) is 2. The lowest BCUT2D eigenvalue weighted by molar-refractivity contribution is -0.258. The number of hydrogen-bond acceptors (Lipinski definition) is 3. The van der Waals surface area contributed by atoms with E-state index in [1.54, 1.807) is 0 Å². The maximum atomic E-state index is 12.2. The molecule has 1 heterocycles. The summed E-state index contributed by atoms with van der Waals surface area (Å²) >= 11 is 5.39. The van der Waals surface area contributed by atoms with Gasteiger partial charge in [-0.3, -0.25) is 0 Å². The van der Waals surface area contributed by atoms with Crippen molar-refractivity contribution in [1.82, 2.24) is 10.2 Å². The van der Waals surface area contributed by atoms with E-state index in [0.29, 0.717) is 0 Å². The Balaban J connectivity index is 3.15. The smallest absolute Gasteiger partial charge is 0.409 e. The summed E-state index contributed by atoms with van der Waals surface area (Å²) in [4.78, 5) is 0. The van der Waals surface area contributed by atoms with Crippen LogP contribution >= 0.6 is 11.6 Å². The normalized spacial score (nSPS) is 15.4. The molecule has 0 aliphatic heterocycles. The number of alkyl halides is 7. The third-order valence-electron chi connectivity index (χ3n) is 1.70. The molecule has 1 aromatic rings. The summed E-state index contributed by atoms with van der Waals surface area (Å²) in [7, 11) is 0. The predicted octanol–water partition coefficient (Wildman–Crippen LogP) is 3.58. The largest absolute Gasteiger partial charge is 0.423 e. The Kier molecular flexibility index (Phi) is 3.60. The quantitative estimate of drug-likeness (QED) is 0.615. The lowest BCUT2D eigenvalue weighted by atomic mass is 10.1. The molecule has 1 aromatic heterocycles. The third kappa shape index (κ3) is 3.24. The first kappa shape index (κ1) is 14.1. The molecule has 0 amide bonds. The Bertz CT molecular complexity index is 370. The molecule has 0 N–H and O–H groups in total. The van der Waals surface area contributed by atoms with Gasteiger partial charge in [0.15, 0.2) is 0 Å². The van der Waals surface area contributed by atoms with Crippen molar-refractivity contribution in [3.05, 3.63) is 11.8 Å². The Hall–Kier alpha value is -0.990. The molecule has 0 bridgehead atoms. The summed E-state index contributed by atoms with van der Waals surface area (Å²) < 4.78 is 77.7. The van der Waals surface area contributed by atoms with E-state index >= 15 is 0 Å². The fraction of sp³-hybridized carbons (Fsp3) is 0.714. The van der Waals surface area contributed by atoms with Crippen molar-refractivity contribution in [2.45, 2.75) is 30.6 Å². The summed E-state index contributed by atoms with van der Waals surface area (Å²) in [5, 5.41) is 4.77. The van der Waals surface area contributed by atoms with Crippen molar-refractivity contribution in [2.24, 2.45) is 0 Å². The van der Waals surface area contributed by atoms with Gasteiger partial charge in [0.05, 0.1) is 0 Å². The van der Waals surface area contributed by atoms with Crippen LogP contribution < -0.4 is 0 Å². The first-order chi connectivity index (χ1) is 7.53. The summed E-state index contributed by atoms with van der Waals surface area (Å²) in [6, 6.07) is 0. The van der Waals surface area contributed by atoms with Crippen LogP contribution in [0.4, 0.5) is 26.3 Å². The average molecular weight is 283 g/mol. The molecule has 0 aromatic carbocycles. The van der Waals surface area contributed by atoms with Gasteiger partial charge in [-0.15, -0.1) is 21.8 Å². The van der Waals surface area contributed by atoms with Crippen molar-refractivity contribution in [3.63, 3.8) is 0 Å². The van der Waals surface area contributed by atoms with Crippen LogP contribution in [-0.2, 0) is 0 Å². The van der Waals surface area contributed by atoms with Crippen LogP contribution in [-0.4, -0.2) is 22.5 Å². The average Bonchev–Trinajstić information content (AvgIpc) is 2.46. The van der Waals surface area contributed by atoms with E-state index in [9.17, 15) is 26.3 Å². The highest BCUT2D eigenvalue weighted by atomic mass is 35.5. The highest BCUT2D eigenvalue weighted by Crippen LogP contribution is 2.45. The Morgan fingerprint density at radius 3 is 1.71 bits per heavy atom. The summed E-state index contributed by atoms with van der Waals surface area (Å²) in [6.45, 7) is 1.27. The van der Waals surface area contributed by atoms with Crippen molar-refractivity contribution >= 4 is 11.6 Å². The minimum Gasteiger partial charge on any atom is -0.423 e. The molecule has 3 nitrogen and oxygen atoms in total. The van der Waals surface area contributed by atoms with E-state index in [2.05, 4.69) is 14.6 Å². The van der Waals surface area contributed by atoms with Crippen LogP contribution in [0.5, 0.6) is 0 Å². The van der Waals surface area contributed by atoms with Gasteiger partial charge in [-0.2, -0.15) is 26.3 Å². The maximum Gasteiger partial charge on any atom is 0.409 e. The topological polar surface area (TPSA) is 38.9 Å². The summed E-state index contributed by atoms with van der Waals surface area (Å²) in [5.74, 6) is -5.86. The van der Waals surface area contributed by atoms with Gasteiger partial charge in [-0.25, -0.2) is 0 Å². The molecule has 98 valence electrons. The molecular weight excluding hydrogens is 278 g/mol. The van der Waals surface area contributed by atoms with E-state index in [0.717, 1.165) is 0 Å². The molecule has 0 fully saturated rings. The molecule has 0 saturated carbocycles. The molecule has 0 aliphatic rings. The fourth-order valence-corrected chi connectivity index (χ4v) is 1.08. The lowest BCUT2D eigenvalue weighted by Gasteiger charge is -2.19. The molecule has 0 saturated heterocycles. The number of rotatable bonds is 2. The van der Waals surface area contributed by atoms with Crippen molar-refractivity contribution in [2.75, 3.05) is 0 Å². The third-order valence-corrected chi connectivity index (χ3v) is 1.88. The van der Waals surface area contributed by atoms with Crippen LogP contribution in [0.2, 0.25) is 0 Å². The second-order valence-corrected chi connectivity index (χ2v) is 3.77. The second kappa shape index (κ2) is 4.35. The zero-order chi connectivity index (χ0) is 13.4. The van der Waals surface area contributed by atoms with E-state index in [-0.39, 0.29) is 0 Å². The molecule has 1 unspecified atom stereocenters. The Morgan fingerprint density at radius 2 is 1.41 bits per heavy atom. The van der Waals surface area contributed by atoms with Crippen LogP contribution in [0.3, 0.4) is 0 Å². The first-order valence-corrected chi connectivity index (χ1v) is 4.58. The summed E-state index contributed by atoms with van der Waals surface area (Å²) in [5.41, 5.74) is 0. The van der Waals surface area contributed by atoms with Crippen LogP contribution in [0.1, 0.15) is 30.0 Å². The molecular formula is C7H5ClF6N2O. The minimum atomic E-state index is -5.56. The molecule has 0 aliphatic carbocycles. The van der Waals surface area contributed by atoms with Crippen LogP contribution in [0, 0.1) is 0 Å². The van der Waals surface area contributed by atoms with E-state index in [4.69, 9.17) is 11.6 Å². The Morgan fingerprint density at radius 1 is 1.00 bits per heavy atom. The number of aromatic nitrogens is 2. The standard InChI is InChI=1S/C7H5ClF6N2O/c1-2(8)4-15-16-5(17-4)3(6(9,10)11)7(12,13)14/h2-3H,1H3. The predicted molar refractivity (Wildman–Crippen MR) is 43.4 cm³/mol. The van der Waals surface area contributed by atoms with Crippen molar-refractivity contribution in [3.8, 4) is 0 Å². The summed E-state index contributed by atoms with van der Waals surface area (Å²) in [6.07, 6.45) is -11.1. The first-order valence-electron chi connectivity index (χ1n) is 4.14. The lowest BCUT2D eigenvalue weighted by Crippen LogP contribution is -2.34. The highest BCUT2D eigenvalue weighted by molar-refractivity contribution is 6.20. The zero-order valence-corrected chi connectivity index (χ0v) is 8.86. The van der Waals surface area contributed by atoms with Gasteiger partial charge in [0.2, 0.25) is 17.7 Å². The number of halogens is 7. The zero-order valence-electron chi connectivity index (χ0n) is 8.10.